The highest BCUT2D eigenvalue weighted by Gasteiger charge is 2.28. The fraction of sp³-hybridized carbons (Fsp3) is 0.485. The van der Waals surface area contributed by atoms with E-state index in [1.807, 2.05) is 71.9 Å². The van der Waals surface area contributed by atoms with E-state index in [0.29, 0.717) is 24.6 Å². The lowest BCUT2D eigenvalue weighted by atomic mass is 9.96. The Labute approximate surface area is 256 Å². The molecule has 0 saturated carbocycles. The number of aromatic nitrogens is 2. The maximum atomic E-state index is 12.4. The van der Waals surface area contributed by atoms with Gasteiger partial charge in [-0.3, -0.25) is 19.9 Å². The lowest BCUT2D eigenvalue weighted by Gasteiger charge is -2.29. The summed E-state index contributed by atoms with van der Waals surface area (Å²) in [5, 5.41) is 6.04. The van der Waals surface area contributed by atoms with Gasteiger partial charge < -0.3 is 19.9 Å². The van der Waals surface area contributed by atoms with Crippen LogP contribution in [0.15, 0.2) is 59.0 Å². The largest absolute Gasteiger partial charge is 0.447 e. The molecule has 3 aliphatic rings. The average Bonchev–Trinajstić information content (AvgIpc) is 3.64. The Hall–Kier alpha value is -4.21. The minimum absolute atomic E-state index is 0.0669. The van der Waals surface area contributed by atoms with Crippen molar-refractivity contribution in [2.45, 2.75) is 99.8 Å². The van der Waals surface area contributed by atoms with Gasteiger partial charge in [0.05, 0.1) is 23.4 Å². The Kier molecular flexibility index (Phi) is 14.4. The second kappa shape index (κ2) is 17.7. The first-order chi connectivity index (χ1) is 20.7. The molecule has 1 aromatic heterocycles. The minimum atomic E-state index is -0.267. The summed E-state index contributed by atoms with van der Waals surface area (Å²) in [6.45, 7) is 16.5. The number of aromatic amines is 1. The first-order valence-electron chi connectivity index (χ1n) is 15.4. The molecule has 0 radical (unpaired) electrons. The number of imidazole rings is 1. The van der Waals surface area contributed by atoms with E-state index in [9.17, 15) is 14.4 Å². The van der Waals surface area contributed by atoms with E-state index in [2.05, 4.69) is 32.5 Å². The number of Topliss-reactive ketones (excluding diaryl/α,β-unsaturated/α-hetero) is 1. The average molecular weight is 593 g/mol. The summed E-state index contributed by atoms with van der Waals surface area (Å²) in [6, 6.07) is 5.75. The highest BCUT2D eigenvalue weighted by atomic mass is 16.6. The number of benzene rings is 1. The number of nitrogens with one attached hydrogen (secondary N) is 3. The zero-order valence-corrected chi connectivity index (χ0v) is 26.9. The van der Waals surface area contributed by atoms with Gasteiger partial charge in [-0.1, -0.05) is 58.9 Å². The van der Waals surface area contributed by atoms with Crippen molar-refractivity contribution >= 4 is 29.6 Å². The molecule has 10 heteroatoms. The van der Waals surface area contributed by atoms with Crippen molar-refractivity contribution in [3.63, 3.8) is 0 Å². The molecular formula is C33H48N6O4. The fourth-order valence-electron chi connectivity index (χ4n) is 4.61. The Bertz CT molecular complexity index is 1310. The molecule has 43 heavy (non-hydrogen) atoms. The van der Waals surface area contributed by atoms with Crippen molar-refractivity contribution in [1.29, 1.82) is 0 Å². The second-order valence-electron chi connectivity index (χ2n) is 9.91. The topological polar surface area (TPSA) is 129 Å². The van der Waals surface area contributed by atoms with Crippen molar-refractivity contribution in [3.8, 4) is 0 Å². The molecule has 2 aliphatic heterocycles. The van der Waals surface area contributed by atoms with Gasteiger partial charge in [-0.25, -0.2) is 9.78 Å². The van der Waals surface area contributed by atoms with Gasteiger partial charge in [0.1, 0.15) is 5.84 Å². The van der Waals surface area contributed by atoms with Crippen molar-refractivity contribution in [2.75, 3.05) is 11.9 Å². The van der Waals surface area contributed by atoms with E-state index in [-0.39, 0.29) is 29.9 Å². The zero-order valence-electron chi connectivity index (χ0n) is 26.9. The lowest BCUT2D eigenvalue weighted by Crippen LogP contribution is -2.37. The molecule has 0 bridgehead atoms. The maximum Gasteiger partial charge on any atom is 0.410 e. The van der Waals surface area contributed by atoms with E-state index in [1.165, 1.54) is 0 Å². The Morgan fingerprint density at radius 2 is 1.88 bits per heavy atom. The second-order valence-corrected chi connectivity index (χ2v) is 9.91. The first-order valence-corrected chi connectivity index (χ1v) is 15.4. The van der Waals surface area contributed by atoms with Gasteiger partial charge in [-0.15, -0.1) is 0 Å². The van der Waals surface area contributed by atoms with Crippen LogP contribution >= 0.6 is 0 Å². The zero-order chi connectivity index (χ0) is 31.9. The number of ketones is 1. The minimum Gasteiger partial charge on any atom is -0.447 e. The predicted molar refractivity (Wildman–Crippen MR) is 172 cm³/mol. The Morgan fingerprint density at radius 3 is 2.51 bits per heavy atom. The molecule has 2 amide bonds. The molecule has 0 fully saturated rings. The summed E-state index contributed by atoms with van der Waals surface area (Å²) in [6.07, 6.45) is 10.3. The van der Waals surface area contributed by atoms with E-state index >= 15 is 0 Å². The summed E-state index contributed by atoms with van der Waals surface area (Å²) in [5.74, 6) is 1.30. The van der Waals surface area contributed by atoms with Gasteiger partial charge in [0, 0.05) is 37.5 Å². The number of amides is 2. The number of H-pyrrole nitrogens is 1. The standard InChI is InChI=1S/C15H19NO3.C14H17N5O.2C2H6/c1-10(2)19-15(18)16-7-6-13-8-12(11(3)17)4-5-14(13)9-16;1-2-11-17-10-6-4-3-5-9(12(10)18-11)13(20)19-14-15-7-8-16-14;2*1-2/h4-5,8,10H,6-7,9H2,1-3H3;3,5,7-8,10H,2,4,6H2,1H3,(H,17,18)(H2,15,16,19,20);2*1-2H3. The quantitative estimate of drug-likeness (QED) is 0.337. The number of allylic oxidation sites excluding steroid dienone is 1. The third kappa shape index (κ3) is 9.94. The number of amidine groups is 1. The number of nitrogens with zero attached hydrogens (tertiary/aromatic N) is 3. The van der Waals surface area contributed by atoms with Crippen LogP contribution in [0.5, 0.6) is 0 Å². The van der Waals surface area contributed by atoms with Crippen LogP contribution < -0.4 is 10.6 Å². The van der Waals surface area contributed by atoms with Crippen LogP contribution in [-0.2, 0) is 22.5 Å². The van der Waals surface area contributed by atoms with Gasteiger partial charge in [0.25, 0.3) is 5.91 Å². The number of ether oxygens (including phenoxy) is 1. The molecule has 10 nitrogen and oxygen atoms in total. The van der Waals surface area contributed by atoms with E-state index in [0.717, 1.165) is 53.9 Å². The molecule has 1 unspecified atom stereocenters. The normalized spacial score (nSPS) is 16.3. The monoisotopic (exact) mass is 592 g/mol. The molecule has 0 saturated heterocycles. The van der Waals surface area contributed by atoms with Crippen LogP contribution in [0.3, 0.4) is 0 Å². The van der Waals surface area contributed by atoms with Gasteiger partial charge in [-0.05, 0) is 57.2 Å². The molecule has 234 valence electrons. The van der Waals surface area contributed by atoms with Gasteiger partial charge in [0.15, 0.2) is 5.78 Å². The van der Waals surface area contributed by atoms with E-state index < -0.39 is 0 Å². The van der Waals surface area contributed by atoms with Crippen molar-refractivity contribution < 1.29 is 19.1 Å². The Balaban J connectivity index is 0.000000270. The molecule has 1 aromatic carbocycles. The summed E-state index contributed by atoms with van der Waals surface area (Å²) in [5.41, 5.74) is 4.52. The van der Waals surface area contributed by atoms with Crippen LogP contribution in [0, 0.1) is 0 Å². The number of fused-ring (bicyclic) bond motifs is 2. The lowest BCUT2D eigenvalue weighted by molar-refractivity contribution is -0.112. The number of aliphatic imine (C=N–C) groups is 1. The molecule has 3 N–H and O–H groups in total. The third-order valence-electron chi connectivity index (χ3n) is 6.63. The molecular weight excluding hydrogens is 544 g/mol. The smallest absolute Gasteiger partial charge is 0.410 e. The van der Waals surface area contributed by atoms with Crippen molar-refractivity contribution in [3.05, 3.63) is 70.7 Å². The number of anilines is 1. The summed E-state index contributed by atoms with van der Waals surface area (Å²) >= 11 is 0. The van der Waals surface area contributed by atoms with Crippen LogP contribution in [0.2, 0.25) is 0 Å². The van der Waals surface area contributed by atoms with Gasteiger partial charge >= 0.3 is 6.09 Å². The van der Waals surface area contributed by atoms with E-state index in [4.69, 9.17) is 4.74 Å². The molecule has 3 heterocycles. The van der Waals surface area contributed by atoms with Crippen molar-refractivity contribution in [2.24, 2.45) is 4.99 Å². The summed E-state index contributed by atoms with van der Waals surface area (Å²) < 4.78 is 5.20. The predicted octanol–water partition coefficient (Wildman–Crippen LogP) is 6.58. The summed E-state index contributed by atoms with van der Waals surface area (Å²) in [4.78, 5) is 48.8. The molecule has 2 aromatic rings. The molecule has 1 aliphatic carbocycles. The highest BCUT2D eigenvalue weighted by Crippen LogP contribution is 2.25. The first kappa shape index (κ1) is 35.0. The van der Waals surface area contributed by atoms with Crippen LogP contribution in [0.1, 0.15) is 96.1 Å². The third-order valence-corrected chi connectivity index (χ3v) is 6.63. The van der Waals surface area contributed by atoms with Crippen LogP contribution in [0.25, 0.3) is 0 Å². The maximum absolute atomic E-state index is 12.4. The fourth-order valence-corrected chi connectivity index (χ4v) is 4.61. The number of hydrogen-bond acceptors (Lipinski definition) is 7. The number of carbonyl (C=O) groups excluding carboxylic acids is 3. The molecule has 1 atom stereocenters. The molecule has 0 spiro atoms. The molecule has 5 rings (SSSR count). The summed E-state index contributed by atoms with van der Waals surface area (Å²) in [7, 11) is 0. The van der Waals surface area contributed by atoms with E-state index in [1.54, 1.807) is 24.2 Å². The van der Waals surface area contributed by atoms with Crippen LogP contribution in [0.4, 0.5) is 10.7 Å². The van der Waals surface area contributed by atoms with Crippen molar-refractivity contribution in [1.82, 2.24) is 20.2 Å². The van der Waals surface area contributed by atoms with Crippen LogP contribution in [-0.4, -0.2) is 57.2 Å². The Morgan fingerprint density at radius 1 is 1.14 bits per heavy atom. The number of carbonyl (C=O) groups is 3. The van der Waals surface area contributed by atoms with Gasteiger partial charge in [-0.2, -0.15) is 0 Å². The SMILES string of the molecule is CC.CC.CC(=O)c1ccc2c(c1)CCN(C(=O)OC(C)C)C2.CCC1=NC2CCC=CC(C(=O)Nc3ncc[nH]3)=C2N1. The van der Waals surface area contributed by atoms with Gasteiger partial charge in [0.2, 0.25) is 5.95 Å². The number of hydrogen-bond donors (Lipinski definition) is 3. The number of rotatable bonds is 5. The highest BCUT2D eigenvalue weighted by molar-refractivity contribution is 6.06.